The number of hydrogen-bond acceptors (Lipinski definition) is 6. The zero-order valence-corrected chi connectivity index (χ0v) is 13.0. The molecule has 10 heteroatoms. The normalized spacial score (nSPS) is 12.2. The van der Waals surface area contributed by atoms with Crippen LogP contribution >= 0.6 is 15.9 Å². The topological polar surface area (TPSA) is 93.6 Å². The Hall–Kier alpha value is -0.870. The molecule has 1 rings (SSSR count). The Morgan fingerprint density at radius 2 is 1.72 bits per heavy atom. The van der Waals surface area contributed by atoms with Crippen LogP contribution < -0.4 is 8.45 Å². The highest BCUT2D eigenvalue weighted by Crippen LogP contribution is 2.32. The lowest BCUT2D eigenvalue weighted by molar-refractivity contribution is 0.399. The summed E-state index contributed by atoms with van der Waals surface area (Å²) >= 11 is 3.09. The predicted molar refractivity (Wildman–Crippen MR) is 70.7 cm³/mol. The summed E-state index contributed by atoms with van der Waals surface area (Å²) in [6.45, 7) is 0. The molecular weight excluding hydrogens is 348 g/mol. The Morgan fingerprint density at radius 1 is 1.22 bits per heavy atom. The third-order valence-corrected chi connectivity index (χ3v) is 5.45. The van der Waals surface area contributed by atoms with Gasteiger partial charge in [0, 0.05) is 10.7 Å². The van der Waals surface area contributed by atoms with Gasteiger partial charge in [0.1, 0.15) is 5.69 Å². The molecule has 102 valence electrons. The monoisotopic (exact) mass is 358 g/mol. The van der Waals surface area contributed by atoms with Crippen LogP contribution in [0.25, 0.3) is 0 Å². The van der Waals surface area contributed by atoms with E-state index in [1.807, 2.05) is 0 Å². The quantitative estimate of drug-likeness (QED) is 0.781. The third-order valence-electron chi connectivity index (χ3n) is 1.79. The van der Waals surface area contributed by atoms with Crippen LogP contribution in [0.4, 0.5) is 5.69 Å². The highest BCUT2D eigenvalue weighted by Gasteiger charge is 2.30. The van der Waals surface area contributed by atoms with E-state index in [0.717, 1.165) is 12.5 Å². The van der Waals surface area contributed by atoms with E-state index in [9.17, 15) is 16.8 Å². The molecule has 0 aliphatic heterocycles. The molecule has 7 nitrogen and oxygen atoms in total. The van der Waals surface area contributed by atoms with Crippen molar-refractivity contribution in [3.63, 3.8) is 0 Å². The van der Waals surface area contributed by atoms with Gasteiger partial charge in [-0.2, -0.15) is 3.71 Å². The van der Waals surface area contributed by atoms with Crippen molar-refractivity contribution in [2.45, 2.75) is 0 Å². The van der Waals surface area contributed by atoms with Crippen molar-refractivity contribution in [3.05, 3.63) is 16.7 Å². The Balaban J connectivity index is 3.64. The molecular formula is C8H11BrN2O5S2. The number of rotatable bonds is 4. The lowest BCUT2D eigenvalue weighted by atomic mass is 10.4. The number of aromatic nitrogens is 1. The molecule has 0 saturated carbocycles. The first-order valence-corrected chi connectivity index (χ1v) is 8.96. The second-order valence-corrected chi connectivity index (χ2v) is 8.21. The van der Waals surface area contributed by atoms with E-state index < -0.39 is 20.0 Å². The van der Waals surface area contributed by atoms with Crippen LogP contribution in [0.1, 0.15) is 0 Å². The third kappa shape index (κ3) is 3.33. The maximum Gasteiger partial charge on any atom is 0.245 e. The minimum atomic E-state index is -4.02. The Morgan fingerprint density at radius 3 is 2.11 bits per heavy atom. The molecule has 0 radical (unpaired) electrons. The lowest BCUT2D eigenvalue weighted by Crippen LogP contribution is -2.35. The van der Waals surface area contributed by atoms with Crippen molar-refractivity contribution in [2.75, 3.05) is 23.3 Å². The van der Waals surface area contributed by atoms with Gasteiger partial charge in [-0.1, -0.05) is 0 Å². The minimum Gasteiger partial charge on any atom is -0.479 e. The largest absolute Gasteiger partial charge is 0.479 e. The molecule has 18 heavy (non-hydrogen) atoms. The molecule has 0 bridgehead atoms. The van der Waals surface area contributed by atoms with E-state index >= 15 is 0 Å². The van der Waals surface area contributed by atoms with Gasteiger partial charge in [-0.15, -0.1) is 0 Å². The second-order valence-electron chi connectivity index (χ2n) is 3.41. The number of sulfonamides is 2. The van der Waals surface area contributed by atoms with Crippen molar-refractivity contribution in [3.8, 4) is 5.88 Å². The van der Waals surface area contributed by atoms with Gasteiger partial charge in [-0.3, -0.25) is 0 Å². The maximum absolute atomic E-state index is 11.6. The van der Waals surface area contributed by atoms with Crippen LogP contribution in [-0.2, 0) is 20.0 Å². The summed E-state index contributed by atoms with van der Waals surface area (Å²) in [5, 5.41) is 0. The summed E-state index contributed by atoms with van der Waals surface area (Å²) in [4.78, 5) is 3.80. The average molecular weight is 359 g/mol. The molecule has 0 aliphatic rings. The van der Waals surface area contributed by atoms with E-state index in [1.165, 1.54) is 19.4 Å². The summed E-state index contributed by atoms with van der Waals surface area (Å²) in [5.41, 5.74) is -0.170. The molecule has 1 aromatic rings. The molecule has 0 aromatic carbocycles. The summed E-state index contributed by atoms with van der Waals surface area (Å²) in [6, 6.07) is 1.30. The second kappa shape index (κ2) is 5.02. The SMILES string of the molecule is COc1ncc(Br)cc1N(S(C)(=O)=O)S(C)(=O)=O. The van der Waals surface area contributed by atoms with Gasteiger partial charge in [0.05, 0.1) is 19.6 Å². The van der Waals surface area contributed by atoms with Gasteiger partial charge in [-0.25, -0.2) is 21.8 Å². The zero-order valence-electron chi connectivity index (χ0n) is 9.78. The standard InChI is InChI=1S/C8H11BrN2O5S2/c1-16-8-7(4-6(9)5-10-8)11(17(2,12)13)18(3,14)15/h4-5H,1-3H3. The molecule has 0 unspecified atom stereocenters. The van der Waals surface area contributed by atoms with Crippen molar-refractivity contribution in [2.24, 2.45) is 0 Å². The molecule has 0 atom stereocenters. The van der Waals surface area contributed by atoms with Crippen LogP contribution in [0.3, 0.4) is 0 Å². The fourth-order valence-corrected chi connectivity index (χ4v) is 4.57. The summed E-state index contributed by atoms with van der Waals surface area (Å²) in [7, 11) is -6.77. The first-order chi connectivity index (χ1) is 8.07. The van der Waals surface area contributed by atoms with Crippen molar-refractivity contribution in [1.82, 2.24) is 4.98 Å². The Labute approximate surface area is 114 Å². The van der Waals surface area contributed by atoms with E-state index in [2.05, 4.69) is 20.9 Å². The van der Waals surface area contributed by atoms with Gasteiger partial charge >= 0.3 is 0 Å². The number of pyridine rings is 1. The van der Waals surface area contributed by atoms with Gasteiger partial charge in [0.2, 0.25) is 25.9 Å². The molecule has 1 heterocycles. The van der Waals surface area contributed by atoms with Crippen molar-refractivity contribution < 1.29 is 21.6 Å². The summed E-state index contributed by atoms with van der Waals surface area (Å²) in [6.07, 6.45) is 2.94. The van der Waals surface area contributed by atoms with Gasteiger partial charge < -0.3 is 4.74 Å². The van der Waals surface area contributed by atoms with Gasteiger partial charge in [0.25, 0.3) is 0 Å². The Kier molecular flexibility index (Phi) is 4.23. The van der Waals surface area contributed by atoms with E-state index in [-0.39, 0.29) is 15.3 Å². The number of ether oxygens (including phenoxy) is 1. The van der Waals surface area contributed by atoms with Gasteiger partial charge in [-0.05, 0) is 22.0 Å². The summed E-state index contributed by atoms with van der Waals surface area (Å²) < 4.78 is 52.0. The van der Waals surface area contributed by atoms with Crippen LogP contribution in [-0.4, -0.2) is 41.4 Å². The van der Waals surface area contributed by atoms with Crippen LogP contribution in [0.5, 0.6) is 5.88 Å². The van der Waals surface area contributed by atoms with E-state index in [0.29, 0.717) is 4.47 Å². The highest BCUT2D eigenvalue weighted by molar-refractivity contribution is 9.10. The molecule has 0 spiro atoms. The Bertz CT molecular complexity index is 624. The first-order valence-electron chi connectivity index (χ1n) is 4.47. The average Bonchev–Trinajstić information content (AvgIpc) is 2.13. The minimum absolute atomic E-state index is 0.103. The fourth-order valence-electron chi connectivity index (χ4n) is 1.31. The molecule has 0 amide bonds. The number of anilines is 1. The number of nitrogens with zero attached hydrogens (tertiary/aromatic N) is 2. The highest BCUT2D eigenvalue weighted by atomic mass is 79.9. The lowest BCUT2D eigenvalue weighted by Gasteiger charge is -2.21. The molecule has 0 N–H and O–H groups in total. The number of hydrogen-bond donors (Lipinski definition) is 0. The fraction of sp³-hybridized carbons (Fsp3) is 0.375. The molecule has 0 aliphatic carbocycles. The van der Waals surface area contributed by atoms with Crippen LogP contribution in [0.15, 0.2) is 16.7 Å². The van der Waals surface area contributed by atoms with Crippen LogP contribution in [0.2, 0.25) is 0 Å². The van der Waals surface area contributed by atoms with E-state index in [1.54, 1.807) is 0 Å². The summed E-state index contributed by atoms with van der Waals surface area (Å²) in [5.74, 6) is -0.103. The zero-order chi connectivity index (χ0) is 14.1. The maximum atomic E-state index is 11.6. The first kappa shape index (κ1) is 15.2. The number of halogens is 1. The molecule has 0 fully saturated rings. The van der Waals surface area contributed by atoms with Gasteiger partial charge in [0.15, 0.2) is 0 Å². The number of methoxy groups -OCH3 is 1. The smallest absolute Gasteiger partial charge is 0.245 e. The van der Waals surface area contributed by atoms with E-state index in [4.69, 9.17) is 4.74 Å². The molecule has 0 saturated heterocycles. The predicted octanol–water partition coefficient (Wildman–Crippen LogP) is 0.578. The van der Waals surface area contributed by atoms with Crippen LogP contribution in [0, 0.1) is 0 Å². The van der Waals surface area contributed by atoms with Crippen molar-refractivity contribution >= 4 is 41.7 Å². The molecule has 1 aromatic heterocycles. The van der Waals surface area contributed by atoms with Crippen molar-refractivity contribution in [1.29, 1.82) is 0 Å².